The summed E-state index contributed by atoms with van der Waals surface area (Å²) in [7, 11) is 2.10. The molecule has 0 unspecified atom stereocenters. The topological polar surface area (TPSA) is 80.5 Å². The van der Waals surface area contributed by atoms with Crippen LogP contribution in [0.15, 0.2) is 36.5 Å². The Bertz CT molecular complexity index is 1160. The van der Waals surface area contributed by atoms with Gasteiger partial charge in [-0.1, -0.05) is 0 Å². The van der Waals surface area contributed by atoms with E-state index in [0.717, 1.165) is 49.4 Å². The van der Waals surface area contributed by atoms with Crippen LogP contribution in [-0.4, -0.2) is 42.5 Å². The lowest BCUT2D eigenvalue weighted by molar-refractivity contribution is 0.100. The predicted molar refractivity (Wildman–Crippen MR) is 121 cm³/mol. The highest BCUT2D eigenvalue weighted by Crippen LogP contribution is 2.40. The van der Waals surface area contributed by atoms with Crippen LogP contribution in [0.3, 0.4) is 0 Å². The van der Waals surface area contributed by atoms with E-state index < -0.39 is 17.5 Å². The van der Waals surface area contributed by atoms with Crippen molar-refractivity contribution in [2.45, 2.75) is 25.7 Å². The Kier molecular flexibility index (Phi) is 6.23. The van der Waals surface area contributed by atoms with Crippen LogP contribution in [0.5, 0.6) is 5.75 Å². The maximum absolute atomic E-state index is 14.4. The number of amides is 1. The summed E-state index contributed by atoms with van der Waals surface area (Å²) in [6.07, 6.45) is 3.31. The van der Waals surface area contributed by atoms with Gasteiger partial charge < -0.3 is 20.7 Å². The molecule has 32 heavy (non-hydrogen) atoms. The molecule has 2 heterocycles. The van der Waals surface area contributed by atoms with E-state index in [0.29, 0.717) is 23.2 Å². The summed E-state index contributed by atoms with van der Waals surface area (Å²) in [6.45, 7) is 4.38. The molecule has 0 spiro atoms. The fourth-order valence-corrected chi connectivity index (χ4v) is 4.20. The van der Waals surface area contributed by atoms with Gasteiger partial charge in [0.1, 0.15) is 17.4 Å². The second-order valence-electron chi connectivity index (χ2n) is 8.08. The Labute approximate surface area is 185 Å². The molecule has 6 nitrogen and oxygen atoms in total. The number of hydrogen-bond acceptors (Lipinski definition) is 5. The van der Waals surface area contributed by atoms with Gasteiger partial charge in [-0.2, -0.15) is 0 Å². The molecular weight excluding hydrogens is 414 g/mol. The number of pyridine rings is 1. The second kappa shape index (κ2) is 9.08. The van der Waals surface area contributed by atoms with Gasteiger partial charge in [-0.25, -0.2) is 8.78 Å². The molecule has 0 bridgehead atoms. The molecule has 8 heteroatoms. The third-order valence-corrected chi connectivity index (χ3v) is 5.91. The minimum absolute atomic E-state index is 0.0381. The van der Waals surface area contributed by atoms with Gasteiger partial charge in [0.2, 0.25) is 0 Å². The van der Waals surface area contributed by atoms with Crippen LogP contribution in [0.1, 0.15) is 41.6 Å². The number of nitrogens with one attached hydrogen (secondary N) is 1. The lowest BCUT2D eigenvalue weighted by Gasteiger charge is -2.30. The van der Waals surface area contributed by atoms with E-state index in [1.54, 1.807) is 0 Å². The quantitative estimate of drug-likeness (QED) is 0.587. The monoisotopic (exact) mass is 440 g/mol. The molecule has 1 amide bonds. The van der Waals surface area contributed by atoms with Crippen LogP contribution in [-0.2, 0) is 0 Å². The summed E-state index contributed by atoms with van der Waals surface area (Å²) in [5.74, 6) is -1.11. The van der Waals surface area contributed by atoms with Crippen LogP contribution in [0.2, 0.25) is 0 Å². The number of nitrogens with two attached hydrogens (primary N) is 1. The minimum atomic E-state index is -0.771. The highest BCUT2D eigenvalue weighted by atomic mass is 19.1. The summed E-state index contributed by atoms with van der Waals surface area (Å²) in [4.78, 5) is 18.8. The average Bonchev–Trinajstić information content (AvgIpc) is 2.76. The van der Waals surface area contributed by atoms with E-state index in [1.807, 2.05) is 19.1 Å². The molecule has 3 N–H and O–H groups in total. The van der Waals surface area contributed by atoms with Gasteiger partial charge in [-0.3, -0.25) is 9.78 Å². The number of hydrogen-bond donors (Lipinski definition) is 2. The third-order valence-electron chi connectivity index (χ3n) is 5.91. The zero-order chi connectivity index (χ0) is 22.8. The molecule has 1 aromatic heterocycles. The third kappa shape index (κ3) is 4.36. The first-order valence-electron chi connectivity index (χ1n) is 10.7. The number of benzene rings is 2. The molecule has 0 saturated carbocycles. The molecule has 2 aromatic carbocycles. The van der Waals surface area contributed by atoms with Crippen molar-refractivity contribution in [3.05, 3.63) is 59.3 Å². The molecule has 3 aromatic rings. The summed E-state index contributed by atoms with van der Waals surface area (Å²) in [5.41, 5.74) is 7.70. The van der Waals surface area contributed by atoms with Crippen LogP contribution >= 0.6 is 0 Å². The Morgan fingerprint density at radius 1 is 1.25 bits per heavy atom. The number of primary amides is 1. The van der Waals surface area contributed by atoms with Gasteiger partial charge in [-0.05, 0) is 69.6 Å². The van der Waals surface area contributed by atoms with Gasteiger partial charge in [0.05, 0.1) is 29.1 Å². The van der Waals surface area contributed by atoms with Gasteiger partial charge in [0.25, 0.3) is 5.91 Å². The largest absolute Gasteiger partial charge is 0.494 e. The number of likely N-dealkylation sites (tertiary alicyclic amines) is 1. The first-order valence-corrected chi connectivity index (χ1v) is 10.7. The standard InChI is InChI=1S/C24H26F2N4O2/c1-3-32-22-12-21-17(11-16(22)14-6-8-30(2)9-7-14)23(18(13-28-21)24(27)31)29-20-5-4-15(25)10-19(20)26/h4-5,10-14H,3,6-9H2,1-2H3,(H2,27,31)(H,28,29). The fourth-order valence-electron chi connectivity index (χ4n) is 4.20. The number of piperidine rings is 1. The molecule has 0 aliphatic carbocycles. The number of carbonyl (C=O) groups is 1. The van der Waals surface area contributed by atoms with Crippen molar-refractivity contribution in [1.82, 2.24) is 9.88 Å². The number of aromatic nitrogens is 1. The lowest BCUT2D eigenvalue weighted by atomic mass is 9.87. The fraction of sp³-hybridized carbons (Fsp3) is 0.333. The van der Waals surface area contributed by atoms with E-state index in [-0.39, 0.29) is 17.2 Å². The highest BCUT2D eigenvalue weighted by Gasteiger charge is 2.24. The Hall–Kier alpha value is -3.26. The van der Waals surface area contributed by atoms with Crippen molar-refractivity contribution >= 4 is 28.2 Å². The van der Waals surface area contributed by atoms with Gasteiger partial charge in [0.15, 0.2) is 0 Å². The smallest absolute Gasteiger partial charge is 0.252 e. The molecule has 1 aliphatic heterocycles. The van der Waals surface area contributed by atoms with E-state index in [2.05, 4.69) is 22.2 Å². The molecule has 1 aliphatic rings. The number of halogens is 2. The summed E-state index contributed by atoms with van der Waals surface area (Å²) in [5, 5.41) is 3.58. The van der Waals surface area contributed by atoms with E-state index in [4.69, 9.17) is 10.5 Å². The maximum atomic E-state index is 14.4. The minimum Gasteiger partial charge on any atom is -0.494 e. The summed E-state index contributed by atoms with van der Waals surface area (Å²) in [6, 6.07) is 7.03. The Balaban J connectivity index is 1.88. The highest BCUT2D eigenvalue weighted by molar-refractivity contribution is 6.07. The average molecular weight is 440 g/mol. The summed E-state index contributed by atoms with van der Waals surface area (Å²) >= 11 is 0. The number of carbonyl (C=O) groups excluding carboxylic acids is 1. The molecule has 0 radical (unpaired) electrons. The normalized spacial score (nSPS) is 15.1. The molecule has 4 rings (SSSR count). The Morgan fingerprint density at radius 2 is 2.00 bits per heavy atom. The lowest BCUT2D eigenvalue weighted by Crippen LogP contribution is -2.29. The van der Waals surface area contributed by atoms with Crippen molar-refractivity contribution < 1.29 is 18.3 Å². The second-order valence-corrected chi connectivity index (χ2v) is 8.08. The number of ether oxygens (including phenoxy) is 1. The van der Waals surface area contributed by atoms with Crippen LogP contribution in [0, 0.1) is 11.6 Å². The molecule has 1 saturated heterocycles. The molecule has 168 valence electrons. The molecule has 0 atom stereocenters. The molecule has 1 fully saturated rings. The van der Waals surface area contributed by atoms with E-state index >= 15 is 0 Å². The summed E-state index contributed by atoms with van der Waals surface area (Å²) < 4.78 is 33.7. The van der Waals surface area contributed by atoms with Crippen LogP contribution < -0.4 is 15.8 Å². The van der Waals surface area contributed by atoms with Gasteiger partial charge >= 0.3 is 0 Å². The van der Waals surface area contributed by atoms with Crippen LogP contribution in [0.25, 0.3) is 10.9 Å². The van der Waals surface area contributed by atoms with Crippen molar-refractivity contribution in [3.8, 4) is 5.75 Å². The van der Waals surface area contributed by atoms with Crippen molar-refractivity contribution in [3.63, 3.8) is 0 Å². The van der Waals surface area contributed by atoms with Crippen LogP contribution in [0.4, 0.5) is 20.2 Å². The zero-order valence-electron chi connectivity index (χ0n) is 18.1. The number of nitrogens with zero attached hydrogens (tertiary/aromatic N) is 2. The maximum Gasteiger partial charge on any atom is 0.252 e. The van der Waals surface area contributed by atoms with E-state index in [9.17, 15) is 13.6 Å². The van der Waals surface area contributed by atoms with Crippen molar-refractivity contribution in [2.24, 2.45) is 5.73 Å². The number of anilines is 2. The number of rotatable bonds is 6. The predicted octanol–water partition coefficient (Wildman–Crippen LogP) is 4.56. The Morgan fingerprint density at radius 3 is 2.66 bits per heavy atom. The SMILES string of the molecule is CCOc1cc2ncc(C(N)=O)c(Nc3ccc(F)cc3F)c2cc1C1CCN(C)CC1. The number of fused-ring (bicyclic) bond motifs is 1. The van der Waals surface area contributed by atoms with Crippen molar-refractivity contribution in [1.29, 1.82) is 0 Å². The first kappa shape index (κ1) is 22.0. The zero-order valence-corrected chi connectivity index (χ0v) is 18.1. The van der Waals surface area contributed by atoms with Gasteiger partial charge in [-0.15, -0.1) is 0 Å². The van der Waals surface area contributed by atoms with Gasteiger partial charge in [0, 0.05) is 23.7 Å². The van der Waals surface area contributed by atoms with Crippen molar-refractivity contribution in [2.75, 3.05) is 32.1 Å². The first-order chi connectivity index (χ1) is 15.4. The van der Waals surface area contributed by atoms with E-state index in [1.165, 1.54) is 12.3 Å². The molecular formula is C24H26F2N4O2.